The Bertz CT molecular complexity index is 433. The summed E-state index contributed by atoms with van der Waals surface area (Å²) in [5.41, 5.74) is 1.11. The molecule has 1 aromatic heterocycles. The van der Waals surface area contributed by atoms with Gasteiger partial charge >= 0.3 is 0 Å². The number of aromatic nitrogens is 2. The smallest absolute Gasteiger partial charge is 0.144 e. The monoisotopic (exact) mass is 341 g/mol. The molecule has 20 heavy (non-hydrogen) atoms. The highest BCUT2D eigenvalue weighted by Crippen LogP contribution is 2.29. The topological polar surface area (TPSA) is 47.0 Å². The van der Waals surface area contributed by atoms with Crippen LogP contribution in [0.25, 0.3) is 0 Å². The molecule has 1 fully saturated rings. The highest BCUT2D eigenvalue weighted by molar-refractivity contribution is 9.10. The molecule has 0 spiro atoms. The van der Waals surface area contributed by atoms with E-state index >= 15 is 0 Å². The van der Waals surface area contributed by atoms with E-state index in [4.69, 9.17) is 14.7 Å². The molecule has 1 aliphatic heterocycles. The highest BCUT2D eigenvalue weighted by atomic mass is 79.9. The van der Waals surface area contributed by atoms with Crippen molar-refractivity contribution in [3.8, 4) is 0 Å². The third-order valence-electron chi connectivity index (χ3n) is 3.49. The van der Waals surface area contributed by atoms with Gasteiger partial charge in [-0.3, -0.25) is 0 Å². The fraction of sp³-hybridized carbons (Fsp3) is 0.733. The number of hydrogen-bond acceptors (Lipinski definition) is 4. The zero-order valence-corrected chi connectivity index (χ0v) is 14.0. The maximum atomic E-state index is 5.58. The van der Waals surface area contributed by atoms with Crippen molar-refractivity contribution in [2.75, 3.05) is 25.1 Å². The van der Waals surface area contributed by atoms with Crippen LogP contribution in [0.5, 0.6) is 0 Å². The van der Waals surface area contributed by atoms with Gasteiger partial charge in [-0.05, 0) is 41.6 Å². The SMILES string of the molecule is CCCNc1nc(C2CCCOC2)nc(CCC)c1Br. The molecule has 5 heteroatoms. The number of ether oxygens (including phenoxy) is 1. The molecule has 1 saturated heterocycles. The maximum Gasteiger partial charge on any atom is 0.144 e. The van der Waals surface area contributed by atoms with E-state index in [1.165, 1.54) is 0 Å². The maximum absolute atomic E-state index is 5.58. The van der Waals surface area contributed by atoms with Crippen molar-refractivity contribution < 1.29 is 4.74 Å². The van der Waals surface area contributed by atoms with E-state index in [9.17, 15) is 0 Å². The molecule has 1 aromatic rings. The van der Waals surface area contributed by atoms with Crippen molar-refractivity contribution in [2.45, 2.75) is 51.9 Å². The standard InChI is InChI=1S/C15H24BrN3O/c1-3-6-12-13(16)15(17-8-4-2)19-14(18-12)11-7-5-9-20-10-11/h11H,3-10H2,1-2H3,(H,17,18,19). The van der Waals surface area contributed by atoms with Crippen LogP contribution in [0.4, 0.5) is 5.82 Å². The second-order valence-corrected chi connectivity index (χ2v) is 6.07. The highest BCUT2D eigenvalue weighted by Gasteiger charge is 2.21. The number of anilines is 1. The summed E-state index contributed by atoms with van der Waals surface area (Å²) in [6, 6.07) is 0. The van der Waals surface area contributed by atoms with Crippen molar-refractivity contribution in [3.05, 3.63) is 16.0 Å². The van der Waals surface area contributed by atoms with E-state index in [1.807, 2.05) is 0 Å². The second-order valence-electron chi connectivity index (χ2n) is 5.28. The van der Waals surface area contributed by atoms with Crippen LogP contribution in [-0.2, 0) is 11.2 Å². The van der Waals surface area contributed by atoms with E-state index in [-0.39, 0.29) is 0 Å². The van der Waals surface area contributed by atoms with Gasteiger partial charge < -0.3 is 10.1 Å². The minimum absolute atomic E-state index is 0.342. The number of halogens is 1. The van der Waals surface area contributed by atoms with Crippen LogP contribution in [-0.4, -0.2) is 29.7 Å². The summed E-state index contributed by atoms with van der Waals surface area (Å²) in [6.45, 7) is 6.89. The molecule has 0 aromatic carbocycles. The Morgan fingerprint density at radius 3 is 2.80 bits per heavy atom. The van der Waals surface area contributed by atoms with E-state index in [0.717, 1.165) is 73.7 Å². The molecular weight excluding hydrogens is 318 g/mol. The Labute approximate surface area is 129 Å². The molecular formula is C15H24BrN3O. The summed E-state index contributed by atoms with van der Waals surface area (Å²) in [5.74, 6) is 2.22. The van der Waals surface area contributed by atoms with Gasteiger partial charge in [0.2, 0.25) is 0 Å². The molecule has 0 radical (unpaired) electrons. The fourth-order valence-corrected chi connectivity index (χ4v) is 2.92. The summed E-state index contributed by atoms with van der Waals surface area (Å²) in [5, 5.41) is 3.40. The third kappa shape index (κ3) is 3.92. The summed E-state index contributed by atoms with van der Waals surface area (Å²) < 4.78 is 6.60. The van der Waals surface area contributed by atoms with Gasteiger partial charge in [0, 0.05) is 19.1 Å². The van der Waals surface area contributed by atoms with Crippen LogP contribution >= 0.6 is 15.9 Å². The number of rotatable bonds is 6. The lowest BCUT2D eigenvalue weighted by molar-refractivity contribution is 0.0780. The molecule has 1 N–H and O–H groups in total. The van der Waals surface area contributed by atoms with Gasteiger partial charge in [-0.15, -0.1) is 0 Å². The quantitative estimate of drug-likeness (QED) is 0.852. The first-order valence-corrected chi connectivity index (χ1v) is 8.43. The van der Waals surface area contributed by atoms with Crippen molar-refractivity contribution in [3.63, 3.8) is 0 Å². The molecule has 0 saturated carbocycles. The van der Waals surface area contributed by atoms with Crippen LogP contribution in [0.2, 0.25) is 0 Å². The molecule has 0 amide bonds. The minimum Gasteiger partial charge on any atom is -0.381 e. The Morgan fingerprint density at radius 1 is 1.30 bits per heavy atom. The zero-order valence-electron chi connectivity index (χ0n) is 12.4. The lowest BCUT2D eigenvalue weighted by Crippen LogP contribution is -2.19. The normalized spacial score (nSPS) is 19.1. The van der Waals surface area contributed by atoms with Gasteiger partial charge in [0.15, 0.2) is 0 Å². The van der Waals surface area contributed by atoms with Crippen molar-refractivity contribution in [1.29, 1.82) is 0 Å². The van der Waals surface area contributed by atoms with Crippen LogP contribution in [0.1, 0.15) is 57.0 Å². The largest absolute Gasteiger partial charge is 0.381 e. The molecule has 2 rings (SSSR count). The predicted molar refractivity (Wildman–Crippen MR) is 85.3 cm³/mol. The Hall–Kier alpha value is -0.680. The zero-order chi connectivity index (χ0) is 14.4. The molecule has 1 atom stereocenters. The third-order valence-corrected chi connectivity index (χ3v) is 4.33. The van der Waals surface area contributed by atoms with Crippen molar-refractivity contribution in [2.24, 2.45) is 0 Å². The lowest BCUT2D eigenvalue weighted by atomic mass is 10.0. The van der Waals surface area contributed by atoms with E-state index in [0.29, 0.717) is 5.92 Å². The summed E-state index contributed by atoms with van der Waals surface area (Å²) >= 11 is 3.65. The Balaban J connectivity index is 2.27. The molecule has 1 unspecified atom stereocenters. The second kappa shape index (κ2) is 7.93. The first-order valence-electron chi connectivity index (χ1n) is 7.64. The predicted octanol–water partition coefficient (Wildman–Crippen LogP) is 3.91. The lowest BCUT2D eigenvalue weighted by Gasteiger charge is -2.22. The van der Waals surface area contributed by atoms with E-state index in [2.05, 4.69) is 35.1 Å². The molecule has 1 aliphatic rings. The van der Waals surface area contributed by atoms with Crippen LogP contribution in [0.15, 0.2) is 4.47 Å². The molecule has 0 bridgehead atoms. The molecule has 4 nitrogen and oxygen atoms in total. The fourth-order valence-electron chi connectivity index (χ4n) is 2.40. The first-order chi connectivity index (χ1) is 9.76. The van der Waals surface area contributed by atoms with Crippen molar-refractivity contribution in [1.82, 2.24) is 9.97 Å². The first kappa shape index (κ1) is 15.7. The van der Waals surface area contributed by atoms with E-state index < -0.39 is 0 Å². The number of hydrogen-bond donors (Lipinski definition) is 1. The van der Waals surface area contributed by atoms with Gasteiger partial charge in [0.25, 0.3) is 0 Å². The number of nitrogens with one attached hydrogen (secondary N) is 1. The average Bonchev–Trinajstić information content (AvgIpc) is 2.49. The summed E-state index contributed by atoms with van der Waals surface area (Å²) in [6.07, 6.45) is 5.38. The molecule has 0 aliphatic carbocycles. The Kier molecular flexibility index (Phi) is 6.23. The minimum atomic E-state index is 0.342. The number of aryl methyl sites for hydroxylation is 1. The van der Waals surface area contributed by atoms with Crippen molar-refractivity contribution >= 4 is 21.7 Å². The van der Waals surface area contributed by atoms with Gasteiger partial charge in [0.05, 0.1) is 16.8 Å². The Morgan fingerprint density at radius 2 is 2.15 bits per heavy atom. The molecule has 112 valence electrons. The van der Waals surface area contributed by atoms with Crippen LogP contribution in [0.3, 0.4) is 0 Å². The average molecular weight is 342 g/mol. The summed E-state index contributed by atoms with van der Waals surface area (Å²) in [7, 11) is 0. The molecule has 2 heterocycles. The summed E-state index contributed by atoms with van der Waals surface area (Å²) in [4.78, 5) is 9.50. The van der Waals surface area contributed by atoms with Gasteiger partial charge in [-0.25, -0.2) is 9.97 Å². The van der Waals surface area contributed by atoms with E-state index in [1.54, 1.807) is 0 Å². The van der Waals surface area contributed by atoms with Gasteiger partial charge in [0.1, 0.15) is 11.6 Å². The van der Waals surface area contributed by atoms with Crippen LogP contribution < -0.4 is 5.32 Å². The van der Waals surface area contributed by atoms with Gasteiger partial charge in [-0.1, -0.05) is 20.3 Å². The van der Waals surface area contributed by atoms with Crippen LogP contribution in [0, 0.1) is 0 Å². The van der Waals surface area contributed by atoms with Gasteiger partial charge in [-0.2, -0.15) is 0 Å². The number of nitrogens with zero attached hydrogens (tertiary/aromatic N) is 2.